The molecule has 0 radical (unpaired) electrons. The summed E-state index contributed by atoms with van der Waals surface area (Å²) in [7, 11) is 0. The van der Waals surface area contributed by atoms with E-state index in [9.17, 15) is 5.11 Å². The van der Waals surface area contributed by atoms with Crippen molar-refractivity contribution in [3.05, 3.63) is 34.9 Å². The molecular weight excluding hydrogens is 172 g/mol. The van der Waals surface area contributed by atoms with Gasteiger partial charge in [-0.2, -0.15) is 0 Å². The summed E-state index contributed by atoms with van der Waals surface area (Å²) >= 11 is 0. The van der Waals surface area contributed by atoms with E-state index in [0.717, 1.165) is 12.8 Å². The average Bonchev–Trinajstić information content (AvgIpc) is 2.07. The monoisotopic (exact) mass is 190 g/mol. The van der Waals surface area contributed by atoms with E-state index in [2.05, 4.69) is 32.0 Å². The molecule has 0 bridgehead atoms. The first-order valence-electron chi connectivity index (χ1n) is 5.36. The number of rotatable bonds is 2. The van der Waals surface area contributed by atoms with Gasteiger partial charge in [0, 0.05) is 5.41 Å². The second-order valence-electron chi connectivity index (χ2n) is 4.61. The van der Waals surface area contributed by atoms with Crippen LogP contribution in [0.15, 0.2) is 18.2 Å². The van der Waals surface area contributed by atoms with Gasteiger partial charge in [0.25, 0.3) is 0 Å². The van der Waals surface area contributed by atoms with Crippen LogP contribution in [0.2, 0.25) is 0 Å². The van der Waals surface area contributed by atoms with Crippen LogP contribution in [0, 0.1) is 13.8 Å². The zero-order valence-corrected chi connectivity index (χ0v) is 9.01. The average molecular weight is 190 g/mol. The van der Waals surface area contributed by atoms with Crippen LogP contribution in [0.3, 0.4) is 0 Å². The number of hydrogen-bond donors (Lipinski definition) is 1. The van der Waals surface area contributed by atoms with Gasteiger partial charge in [0.15, 0.2) is 0 Å². The summed E-state index contributed by atoms with van der Waals surface area (Å²) in [6, 6.07) is 6.56. The topological polar surface area (TPSA) is 20.2 Å². The van der Waals surface area contributed by atoms with Crippen molar-refractivity contribution < 1.29 is 5.11 Å². The molecule has 1 nitrogen and oxygen atoms in total. The molecule has 1 heteroatoms. The van der Waals surface area contributed by atoms with Gasteiger partial charge in [-0.15, -0.1) is 0 Å². The van der Waals surface area contributed by atoms with E-state index in [1.165, 1.54) is 23.1 Å². The molecule has 1 aliphatic carbocycles. The number of aliphatic hydroxyl groups excluding tert-OH is 1. The molecule has 1 aromatic carbocycles. The Balaban J connectivity index is 2.40. The van der Waals surface area contributed by atoms with Crippen molar-refractivity contribution in [3.8, 4) is 0 Å². The summed E-state index contributed by atoms with van der Waals surface area (Å²) < 4.78 is 0. The van der Waals surface area contributed by atoms with Crippen LogP contribution in [0.25, 0.3) is 0 Å². The maximum atomic E-state index is 9.48. The minimum atomic E-state index is 0.0950. The predicted octanol–water partition coefficient (Wildman–Crippen LogP) is 2.72. The van der Waals surface area contributed by atoms with Crippen LogP contribution in [0.1, 0.15) is 36.0 Å². The molecule has 0 atom stereocenters. The predicted molar refractivity (Wildman–Crippen MR) is 58.5 cm³/mol. The molecule has 14 heavy (non-hydrogen) atoms. The van der Waals surface area contributed by atoms with Gasteiger partial charge in [-0.3, -0.25) is 0 Å². The van der Waals surface area contributed by atoms with Crippen molar-refractivity contribution in [1.29, 1.82) is 0 Å². The fourth-order valence-corrected chi connectivity index (χ4v) is 2.52. The van der Waals surface area contributed by atoms with Crippen LogP contribution in [0.4, 0.5) is 0 Å². The Hall–Kier alpha value is -0.820. The quantitative estimate of drug-likeness (QED) is 0.760. The zero-order chi connectivity index (χ0) is 10.2. The molecular formula is C13H18O. The van der Waals surface area contributed by atoms with Crippen molar-refractivity contribution in [3.63, 3.8) is 0 Å². The Kier molecular flexibility index (Phi) is 2.36. The fourth-order valence-electron chi connectivity index (χ4n) is 2.52. The molecule has 76 valence electrons. The Morgan fingerprint density at radius 2 is 2.00 bits per heavy atom. The Bertz CT molecular complexity index is 332. The zero-order valence-electron chi connectivity index (χ0n) is 9.01. The van der Waals surface area contributed by atoms with Gasteiger partial charge in [0.05, 0.1) is 6.61 Å². The first kappa shape index (κ1) is 9.72. The molecule has 0 amide bonds. The molecule has 0 aromatic heterocycles. The molecule has 1 aliphatic rings. The van der Waals surface area contributed by atoms with Crippen molar-refractivity contribution in [2.45, 2.75) is 38.5 Å². The minimum Gasteiger partial charge on any atom is -0.395 e. The standard InChI is InChI=1S/C13H18O/c1-10-4-5-12(11(2)8-10)13(9-14)6-3-7-13/h4-5,8,14H,3,6-7,9H2,1-2H3. The third-order valence-corrected chi connectivity index (χ3v) is 3.57. The van der Waals surface area contributed by atoms with E-state index in [1.54, 1.807) is 0 Å². The molecule has 1 N–H and O–H groups in total. The highest BCUT2D eigenvalue weighted by atomic mass is 16.3. The van der Waals surface area contributed by atoms with Crippen LogP contribution >= 0.6 is 0 Å². The van der Waals surface area contributed by atoms with Crippen molar-refractivity contribution in [2.75, 3.05) is 6.61 Å². The third-order valence-electron chi connectivity index (χ3n) is 3.57. The maximum Gasteiger partial charge on any atom is 0.0528 e. The molecule has 2 rings (SSSR count). The second-order valence-corrected chi connectivity index (χ2v) is 4.61. The molecule has 1 aromatic rings. The fraction of sp³-hybridized carbons (Fsp3) is 0.538. The molecule has 0 saturated heterocycles. The van der Waals surface area contributed by atoms with Crippen LogP contribution < -0.4 is 0 Å². The highest BCUT2D eigenvalue weighted by molar-refractivity contribution is 5.38. The van der Waals surface area contributed by atoms with E-state index in [4.69, 9.17) is 0 Å². The Morgan fingerprint density at radius 1 is 1.29 bits per heavy atom. The Morgan fingerprint density at radius 3 is 2.43 bits per heavy atom. The van der Waals surface area contributed by atoms with Crippen LogP contribution in [-0.2, 0) is 5.41 Å². The van der Waals surface area contributed by atoms with Crippen LogP contribution in [0.5, 0.6) is 0 Å². The summed E-state index contributed by atoms with van der Waals surface area (Å²) in [4.78, 5) is 0. The van der Waals surface area contributed by atoms with Crippen molar-refractivity contribution in [1.82, 2.24) is 0 Å². The van der Waals surface area contributed by atoms with Gasteiger partial charge in [-0.1, -0.05) is 30.2 Å². The lowest BCUT2D eigenvalue weighted by atomic mass is 9.64. The lowest BCUT2D eigenvalue weighted by molar-refractivity contribution is 0.119. The summed E-state index contributed by atoms with van der Waals surface area (Å²) in [6.07, 6.45) is 3.55. The highest BCUT2D eigenvalue weighted by Gasteiger charge is 2.38. The van der Waals surface area contributed by atoms with Crippen LogP contribution in [-0.4, -0.2) is 11.7 Å². The summed E-state index contributed by atoms with van der Waals surface area (Å²) in [5, 5.41) is 9.48. The van der Waals surface area contributed by atoms with Gasteiger partial charge >= 0.3 is 0 Å². The van der Waals surface area contributed by atoms with E-state index < -0.39 is 0 Å². The van der Waals surface area contributed by atoms with Crippen molar-refractivity contribution >= 4 is 0 Å². The van der Waals surface area contributed by atoms with Gasteiger partial charge in [-0.05, 0) is 37.8 Å². The van der Waals surface area contributed by atoms with E-state index >= 15 is 0 Å². The first-order valence-corrected chi connectivity index (χ1v) is 5.36. The van der Waals surface area contributed by atoms with Gasteiger partial charge in [-0.25, -0.2) is 0 Å². The van der Waals surface area contributed by atoms with Gasteiger partial charge in [0.2, 0.25) is 0 Å². The highest BCUT2D eigenvalue weighted by Crippen LogP contribution is 2.44. The maximum absolute atomic E-state index is 9.48. The lowest BCUT2D eigenvalue weighted by Gasteiger charge is -2.41. The molecule has 0 unspecified atom stereocenters. The van der Waals surface area contributed by atoms with E-state index in [0.29, 0.717) is 6.61 Å². The third kappa shape index (κ3) is 1.36. The normalized spacial score (nSPS) is 19.1. The minimum absolute atomic E-state index is 0.0950. The largest absolute Gasteiger partial charge is 0.395 e. The van der Waals surface area contributed by atoms with Gasteiger partial charge in [0.1, 0.15) is 0 Å². The molecule has 0 aliphatic heterocycles. The Labute approximate surface area is 85.8 Å². The molecule has 0 heterocycles. The summed E-state index contributed by atoms with van der Waals surface area (Å²) in [6.45, 7) is 4.57. The summed E-state index contributed by atoms with van der Waals surface area (Å²) in [5.41, 5.74) is 4.09. The first-order chi connectivity index (χ1) is 6.68. The van der Waals surface area contributed by atoms with Gasteiger partial charge < -0.3 is 5.11 Å². The smallest absolute Gasteiger partial charge is 0.0528 e. The summed E-state index contributed by atoms with van der Waals surface area (Å²) in [5.74, 6) is 0. The number of aryl methyl sites for hydroxylation is 2. The molecule has 0 spiro atoms. The van der Waals surface area contributed by atoms with E-state index in [1.807, 2.05) is 0 Å². The van der Waals surface area contributed by atoms with E-state index in [-0.39, 0.29) is 5.41 Å². The second kappa shape index (κ2) is 3.39. The van der Waals surface area contributed by atoms with Crippen molar-refractivity contribution in [2.24, 2.45) is 0 Å². The number of hydrogen-bond acceptors (Lipinski definition) is 1. The number of aliphatic hydroxyl groups is 1. The molecule has 1 fully saturated rings. The lowest BCUT2D eigenvalue weighted by Crippen LogP contribution is -2.38. The molecule has 1 saturated carbocycles. The number of benzene rings is 1. The SMILES string of the molecule is Cc1ccc(C2(CO)CCC2)c(C)c1.